The minimum Gasteiger partial charge on any atom is -0.387 e. The Morgan fingerprint density at radius 1 is 1.11 bits per heavy atom. The summed E-state index contributed by atoms with van der Waals surface area (Å²) in [5.74, 6) is -0.930. The number of anilines is 1. The molecule has 1 atom stereocenters. The molecule has 5 heteroatoms. The van der Waals surface area contributed by atoms with Crippen molar-refractivity contribution in [2.24, 2.45) is 0 Å². The second kappa shape index (κ2) is 5.99. The normalized spacial score (nSPS) is 12.2. The van der Waals surface area contributed by atoms with E-state index in [0.29, 0.717) is 5.56 Å². The summed E-state index contributed by atoms with van der Waals surface area (Å²) in [4.78, 5) is 0. The van der Waals surface area contributed by atoms with E-state index in [9.17, 15) is 13.9 Å². The van der Waals surface area contributed by atoms with Crippen LogP contribution >= 0.6 is 11.6 Å². The number of benzene rings is 2. The van der Waals surface area contributed by atoms with E-state index in [0.717, 1.165) is 0 Å². The molecule has 0 heterocycles. The Morgan fingerprint density at radius 2 is 1.79 bits per heavy atom. The van der Waals surface area contributed by atoms with Gasteiger partial charge in [0.1, 0.15) is 5.82 Å². The lowest BCUT2D eigenvalue weighted by Gasteiger charge is -2.14. The summed E-state index contributed by atoms with van der Waals surface area (Å²) in [5, 5.41) is 12.7. The van der Waals surface area contributed by atoms with Crippen LogP contribution in [0.2, 0.25) is 5.02 Å². The predicted molar refractivity (Wildman–Crippen MR) is 71.3 cm³/mol. The molecule has 0 bridgehead atoms. The van der Waals surface area contributed by atoms with Gasteiger partial charge in [-0.05, 0) is 29.8 Å². The van der Waals surface area contributed by atoms with Crippen molar-refractivity contribution in [1.82, 2.24) is 0 Å². The predicted octanol–water partition coefficient (Wildman–Crippen LogP) is 3.76. The molecule has 0 saturated carbocycles. The van der Waals surface area contributed by atoms with E-state index in [-0.39, 0.29) is 23.1 Å². The van der Waals surface area contributed by atoms with E-state index in [1.807, 2.05) is 0 Å². The van der Waals surface area contributed by atoms with Crippen LogP contribution in [0.25, 0.3) is 0 Å². The molecule has 1 unspecified atom stereocenters. The van der Waals surface area contributed by atoms with E-state index < -0.39 is 11.9 Å². The molecule has 2 aromatic rings. The molecule has 0 amide bonds. The van der Waals surface area contributed by atoms with Crippen molar-refractivity contribution in [1.29, 1.82) is 0 Å². The molecule has 0 aliphatic carbocycles. The molecule has 2 rings (SSSR count). The zero-order chi connectivity index (χ0) is 13.8. The van der Waals surface area contributed by atoms with Crippen molar-refractivity contribution in [3.05, 3.63) is 64.7 Å². The third-order valence-electron chi connectivity index (χ3n) is 2.69. The smallest absolute Gasteiger partial charge is 0.164 e. The topological polar surface area (TPSA) is 32.3 Å². The van der Waals surface area contributed by atoms with Gasteiger partial charge in [-0.2, -0.15) is 0 Å². The van der Waals surface area contributed by atoms with Crippen molar-refractivity contribution in [3.8, 4) is 0 Å². The Bertz CT molecular complexity index is 560. The Kier molecular flexibility index (Phi) is 4.35. The van der Waals surface area contributed by atoms with Crippen LogP contribution in [0.1, 0.15) is 11.7 Å². The van der Waals surface area contributed by atoms with Crippen molar-refractivity contribution in [2.45, 2.75) is 6.10 Å². The molecular formula is C14H12ClF2NO. The second-order valence-corrected chi connectivity index (χ2v) is 4.46. The first-order valence-corrected chi connectivity index (χ1v) is 6.07. The fraction of sp³-hybridized carbons (Fsp3) is 0.143. The van der Waals surface area contributed by atoms with Gasteiger partial charge in [-0.3, -0.25) is 0 Å². The first-order chi connectivity index (χ1) is 9.08. The summed E-state index contributed by atoms with van der Waals surface area (Å²) in [5.41, 5.74) is 0.769. The van der Waals surface area contributed by atoms with Gasteiger partial charge >= 0.3 is 0 Å². The van der Waals surface area contributed by atoms with Crippen LogP contribution in [0.15, 0.2) is 42.5 Å². The van der Waals surface area contributed by atoms with Gasteiger partial charge in [0.15, 0.2) is 5.82 Å². The monoisotopic (exact) mass is 283 g/mol. The van der Waals surface area contributed by atoms with Gasteiger partial charge < -0.3 is 10.4 Å². The highest BCUT2D eigenvalue weighted by molar-refractivity contribution is 6.31. The van der Waals surface area contributed by atoms with Gasteiger partial charge in [-0.15, -0.1) is 0 Å². The van der Waals surface area contributed by atoms with E-state index in [1.54, 1.807) is 6.07 Å². The van der Waals surface area contributed by atoms with Crippen LogP contribution in [-0.2, 0) is 0 Å². The molecular weight excluding hydrogens is 272 g/mol. The lowest BCUT2D eigenvalue weighted by molar-refractivity contribution is 0.191. The summed E-state index contributed by atoms with van der Waals surface area (Å²) in [6.45, 7) is 0.100. The standard InChI is InChI=1S/C14H12ClF2NO/c15-11-2-1-3-12(14(11)17)18-8-13(19)9-4-6-10(16)7-5-9/h1-7,13,18-19H,8H2. The number of nitrogens with one attached hydrogen (secondary N) is 1. The first kappa shape index (κ1) is 13.8. The maximum Gasteiger partial charge on any atom is 0.164 e. The molecule has 0 aliphatic rings. The molecule has 0 saturated heterocycles. The summed E-state index contributed by atoms with van der Waals surface area (Å²) in [6.07, 6.45) is -0.862. The zero-order valence-corrected chi connectivity index (χ0v) is 10.7. The molecule has 2 N–H and O–H groups in total. The highest BCUT2D eigenvalue weighted by Gasteiger charge is 2.10. The van der Waals surface area contributed by atoms with E-state index in [4.69, 9.17) is 11.6 Å². The minimum absolute atomic E-state index is 0.0151. The summed E-state index contributed by atoms with van der Waals surface area (Å²) in [6, 6.07) is 10.1. The van der Waals surface area contributed by atoms with Gasteiger partial charge in [-0.1, -0.05) is 29.8 Å². The van der Waals surface area contributed by atoms with Crippen LogP contribution in [0.4, 0.5) is 14.5 Å². The molecule has 0 aliphatic heterocycles. The fourth-order valence-corrected chi connectivity index (χ4v) is 1.82. The second-order valence-electron chi connectivity index (χ2n) is 4.05. The van der Waals surface area contributed by atoms with Crippen molar-refractivity contribution in [2.75, 3.05) is 11.9 Å². The molecule has 19 heavy (non-hydrogen) atoms. The van der Waals surface area contributed by atoms with Crippen molar-refractivity contribution < 1.29 is 13.9 Å². The molecule has 100 valence electrons. The number of aliphatic hydroxyl groups excluding tert-OH is 1. The van der Waals surface area contributed by atoms with Gasteiger partial charge in [0.2, 0.25) is 0 Å². The van der Waals surface area contributed by atoms with Crippen molar-refractivity contribution in [3.63, 3.8) is 0 Å². The number of rotatable bonds is 4. The Balaban J connectivity index is 2.02. The maximum absolute atomic E-state index is 13.6. The van der Waals surface area contributed by atoms with E-state index in [1.165, 1.54) is 36.4 Å². The average Bonchev–Trinajstić information content (AvgIpc) is 2.41. The third kappa shape index (κ3) is 3.43. The van der Waals surface area contributed by atoms with Crippen LogP contribution in [-0.4, -0.2) is 11.7 Å². The summed E-state index contributed by atoms with van der Waals surface area (Å²) in [7, 11) is 0. The first-order valence-electron chi connectivity index (χ1n) is 5.69. The molecule has 2 nitrogen and oxygen atoms in total. The third-order valence-corrected chi connectivity index (χ3v) is 2.98. The maximum atomic E-state index is 13.6. The largest absolute Gasteiger partial charge is 0.387 e. The van der Waals surface area contributed by atoms with Gasteiger partial charge in [-0.25, -0.2) is 8.78 Å². The Morgan fingerprint density at radius 3 is 2.47 bits per heavy atom. The van der Waals surface area contributed by atoms with Crippen molar-refractivity contribution >= 4 is 17.3 Å². The Hall–Kier alpha value is -1.65. The highest BCUT2D eigenvalue weighted by atomic mass is 35.5. The molecule has 2 aromatic carbocycles. The Labute approximate surface area is 114 Å². The lowest BCUT2D eigenvalue weighted by Crippen LogP contribution is -2.13. The number of halogens is 3. The zero-order valence-electron chi connectivity index (χ0n) is 9.91. The molecule has 0 aromatic heterocycles. The average molecular weight is 284 g/mol. The highest BCUT2D eigenvalue weighted by Crippen LogP contribution is 2.23. The number of hydrogen-bond acceptors (Lipinski definition) is 2. The lowest BCUT2D eigenvalue weighted by atomic mass is 10.1. The fourth-order valence-electron chi connectivity index (χ4n) is 1.65. The molecule has 0 spiro atoms. The quantitative estimate of drug-likeness (QED) is 0.895. The van der Waals surface area contributed by atoms with Gasteiger partial charge in [0, 0.05) is 6.54 Å². The molecule has 0 radical (unpaired) electrons. The van der Waals surface area contributed by atoms with Crippen LogP contribution < -0.4 is 5.32 Å². The SMILES string of the molecule is OC(CNc1cccc(Cl)c1F)c1ccc(F)cc1. The number of aliphatic hydroxyl groups is 1. The summed E-state index contributed by atoms with van der Waals surface area (Å²) >= 11 is 5.64. The van der Waals surface area contributed by atoms with E-state index >= 15 is 0 Å². The molecule has 0 fully saturated rings. The summed E-state index contributed by atoms with van der Waals surface area (Å²) < 4.78 is 26.3. The van der Waals surface area contributed by atoms with Crippen LogP contribution in [0.3, 0.4) is 0 Å². The van der Waals surface area contributed by atoms with E-state index in [2.05, 4.69) is 5.32 Å². The van der Waals surface area contributed by atoms with Gasteiger partial charge in [0.25, 0.3) is 0 Å². The van der Waals surface area contributed by atoms with Gasteiger partial charge in [0.05, 0.1) is 16.8 Å². The minimum atomic E-state index is -0.862. The number of hydrogen-bond donors (Lipinski definition) is 2. The van der Waals surface area contributed by atoms with Crippen LogP contribution in [0.5, 0.6) is 0 Å². The van der Waals surface area contributed by atoms with Crippen LogP contribution in [0, 0.1) is 11.6 Å².